The Balaban J connectivity index is 2.33. The molecule has 0 aliphatic rings. The molecule has 0 saturated heterocycles. The van der Waals surface area contributed by atoms with Crippen molar-refractivity contribution in [2.45, 2.75) is 38.8 Å². The summed E-state index contributed by atoms with van der Waals surface area (Å²) in [6.07, 6.45) is 2.55. The minimum absolute atomic E-state index is 0.338. The van der Waals surface area contributed by atoms with E-state index in [0.717, 1.165) is 19.4 Å². The fourth-order valence-corrected chi connectivity index (χ4v) is 1.77. The summed E-state index contributed by atoms with van der Waals surface area (Å²) >= 11 is 0. The molecular weight excluding hydrogens is 198 g/mol. The van der Waals surface area contributed by atoms with E-state index in [0.29, 0.717) is 12.1 Å². The quantitative estimate of drug-likeness (QED) is 0.714. The molecule has 0 heterocycles. The van der Waals surface area contributed by atoms with E-state index in [1.807, 2.05) is 7.05 Å². The number of rotatable bonds is 7. The molecule has 0 saturated carbocycles. The van der Waals surface area contributed by atoms with Gasteiger partial charge in [0.15, 0.2) is 0 Å². The molecule has 0 aliphatic heterocycles. The summed E-state index contributed by atoms with van der Waals surface area (Å²) < 4.78 is 5.54. The Bertz CT molecular complexity index is 271. The Morgan fingerprint density at radius 1 is 1.19 bits per heavy atom. The number of nitrogens with one attached hydrogen (secondary N) is 1. The first-order valence-corrected chi connectivity index (χ1v) is 6.08. The van der Waals surface area contributed by atoms with Gasteiger partial charge in [0, 0.05) is 12.6 Å². The van der Waals surface area contributed by atoms with Crippen molar-refractivity contribution in [2.75, 3.05) is 13.7 Å². The van der Waals surface area contributed by atoms with Crippen LogP contribution in [0.5, 0.6) is 0 Å². The van der Waals surface area contributed by atoms with Gasteiger partial charge in [-0.1, -0.05) is 30.3 Å². The van der Waals surface area contributed by atoms with Gasteiger partial charge in [0.05, 0.1) is 6.10 Å². The van der Waals surface area contributed by atoms with Gasteiger partial charge in [0.25, 0.3) is 0 Å². The second-order valence-corrected chi connectivity index (χ2v) is 4.31. The van der Waals surface area contributed by atoms with Crippen LogP contribution in [-0.4, -0.2) is 19.8 Å². The van der Waals surface area contributed by atoms with E-state index in [1.165, 1.54) is 5.56 Å². The summed E-state index contributed by atoms with van der Waals surface area (Å²) in [5.41, 5.74) is 1.36. The molecule has 1 atom stereocenters. The van der Waals surface area contributed by atoms with Crippen molar-refractivity contribution in [3.05, 3.63) is 35.9 Å². The molecule has 2 heteroatoms. The first-order valence-electron chi connectivity index (χ1n) is 6.08. The molecule has 0 fully saturated rings. The van der Waals surface area contributed by atoms with Crippen molar-refractivity contribution in [3.63, 3.8) is 0 Å². The maximum atomic E-state index is 5.54. The summed E-state index contributed by atoms with van der Waals surface area (Å²) in [6.45, 7) is 5.00. The van der Waals surface area contributed by atoms with Gasteiger partial charge in [0.2, 0.25) is 0 Å². The van der Waals surface area contributed by atoms with Crippen molar-refractivity contribution in [1.82, 2.24) is 5.32 Å². The first-order chi connectivity index (χ1) is 7.74. The number of benzene rings is 1. The third-order valence-corrected chi connectivity index (χ3v) is 2.64. The Hall–Kier alpha value is -0.860. The van der Waals surface area contributed by atoms with Crippen LogP contribution in [0.1, 0.15) is 38.3 Å². The van der Waals surface area contributed by atoms with Crippen LogP contribution >= 0.6 is 0 Å². The predicted molar refractivity (Wildman–Crippen MR) is 68.6 cm³/mol. The van der Waals surface area contributed by atoms with Crippen molar-refractivity contribution >= 4 is 0 Å². The summed E-state index contributed by atoms with van der Waals surface area (Å²) in [6, 6.07) is 11.0. The van der Waals surface area contributed by atoms with Gasteiger partial charge in [-0.25, -0.2) is 0 Å². The summed E-state index contributed by atoms with van der Waals surface area (Å²) in [4.78, 5) is 0. The van der Waals surface area contributed by atoms with Crippen LogP contribution in [-0.2, 0) is 4.74 Å². The van der Waals surface area contributed by atoms with Gasteiger partial charge < -0.3 is 10.1 Å². The highest BCUT2D eigenvalue weighted by atomic mass is 16.5. The van der Waals surface area contributed by atoms with Crippen LogP contribution in [0, 0.1) is 0 Å². The highest BCUT2D eigenvalue weighted by Gasteiger charge is 2.07. The third kappa shape index (κ3) is 4.77. The normalized spacial score (nSPS) is 13.0. The SMILES string of the molecule is CNC(CCCOC(C)C)c1ccccc1. The number of ether oxygens (including phenoxy) is 1. The molecule has 0 radical (unpaired) electrons. The highest BCUT2D eigenvalue weighted by molar-refractivity contribution is 5.18. The molecule has 0 amide bonds. The monoisotopic (exact) mass is 221 g/mol. The molecule has 16 heavy (non-hydrogen) atoms. The van der Waals surface area contributed by atoms with E-state index in [2.05, 4.69) is 49.5 Å². The Labute approximate surface area is 99.0 Å². The maximum Gasteiger partial charge on any atom is 0.0518 e. The zero-order valence-corrected chi connectivity index (χ0v) is 10.6. The van der Waals surface area contributed by atoms with Crippen LogP contribution in [0.4, 0.5) is 0 Å². The van der Waals surface area contributed by atoms with E-state index < -0.39 is 0 Å². The van der Waals surface area contributed by atoms with Gasteiger partial charge in [-0.2, -0.15) is 0 Å². The third-order valence-electron chi connectivity index (χ3n) is 2.64. The van der Waals surface area contributed by atoms with E-state index in [9.17, 15) is 0 Å². The molecule has 2 nitrogen and oxygen atoms in total. The topological polar surface area (TPSA) is 21.3 Å². The average Bonchev–Trinajstić information content (AvgIpc) is 2.30. The fourth-order valence-electron chi connectivity index (χ4n) is 1.77. The minimum atomic E-state index is 0.338. The number of hydrogen-bond donors (Lipinski definition) is 1. The van der Waals surface area contributed by atoms with Crippen molar-refractivity contribution < 1.29 is 4.74 Å². The molecule has 90 valence electrons. The van der Waals surface area contributed by atoms with Crippen molar-refractivity contribution in [3.8, 4) is 0 Å². The highest BCUT2D eigenvalue weighted by Crippen LogP contribution is 2.17. The van der Waals surface area contributed by atoms with Gasteiger partial charge in [-0.05, 0) is 39.3 Å². The zero-order valence-electron chi connectivity index (χ0n) is 10.6. The lowest BCUT2D eigenvalue weighted by atomic mass is 10.0. The molecular formula is C14H23NO. The van der Waals surface area contributed by atoms with E-state index in [1.54, 1.807) is 0 Å². The fraction of sp³-hybridized carbons (Fsp3) is 0.571. The molecule has 0 aliphatic carbocycles. The summed E-state index contributed by atoms with van der Waals surface area (Å²) in [5, 5.41) is 3.35. The molecule has 1 unspecified atom stereocenters. The standard InChI is InChI=1S/C14H23NO/c1-12(2)16-11-7-10-14(15-3)13-8-5-4-6-9-13/h4-6,8-9,12,14-15H,7,10-11H2,1-3H3. The second kappa shape index (κ2) is 7.42. The molecule has 1 N–H and O–H groups in total. The molecule has 1 aromatic carbocycles. The summed E-state index contributed by atoms with van der Waals surface area (Å²) in [7, 11) is 2.01. The van der Waals surface area contributed by atoms with Crippen LogP contribution < -0.4 is 5.32 Å². The van der Waals surface area contributed by atoms with Crippen LogP contribution in [0.2, 0.25) is 0 Å². The Morgan fingerprint density at radius 2 is 1.88 bits per heavy atom. The molecule has 1 rings (SSSR count). The van der Waals surface area contributed by atoms with Gasteiger partial charge in [0.1, 0.15) is 0 Å². The molecule has 0 spiro atoms. The van der Waals surface area contributed by atoms with Crippen molar-refractivity contribution in [2.24, 2.45) is 0 Å². The first kappa shape index (κ1) is 13.2. The van der Waals surface area contributed by atoms with Crippen LogP contribution in [0.25, 0.3) is 0 Å². The van der Waals surface area contributed by atoms with Crippen molar-refractivity contribution in [1.29, 1.82) is 0 Å². The average molecular weight is 221 g/mol. The van der Waals surface area contributed by atoms with E-state index >= 15 is 0 Å². The van der Waals surface area contributed by atoms with E-state index in [4.69, 9.17) is 4.74 Å². The van der Waals surface area contributed by atoms with Gasteiger partial charge in [-0.15, -0.1) is 0 Å². The lowest BCUT2D eigenvalue weighted by Crippen LogP contribution is -2.17. The molecule has 0 bridgehead atoms. The van der Waals surface area contributed by atoms with Crippen LogP contribution in [0.15, 0.2) is 30.3 Å². The van der Waals surface area contributed by atoms with Gasteiger partial charge in [-0.3, -0.25) is 0 Å². The summed E-state index contributed by atoms with van der Waals surface area (Å²) in [5.74, 6) is 0. The predicted octanol–water partition coefficient (Wildman–Crippen LogP) is 3.15. The maximum absolute atomic E-state index is 5.54. The lowest BCUT2D eigenvalue weighted by molar-refractivity contribution is 0.0746. The molecule has 1 aromatic rings. The van der Waals surface area contributed by atoms with Crippen LogP contribution in [0.3, 0.4) is 0 Å². The minimum Gasteiger partial charge on any atom is -0.379 e. The largest absolute Gasteiger partial charge is 0.379 e. The van der Waals surface area contributed by atoms with Gasteiger partial charge >= 0.3 is 0 Å². The lowest BCUT2D eigenvalue weighted by Gasteiger charge is -2.17. The smallest absolute Gasteiger partial charge is 0.0518 e. The molecule has 0 aromatic heterocycles. The Kier molecular flexibility index (Phi) is 6.12. The van der Waals surface area contributed by atoms with E-state index in [-0.39, 0.29) is 0 Å². The zero-order chi connectivity index (χ0) is 11.8. The number of hydrogen-bond acceptors (Lipinski definition) is 2. The Morgan fingerprint density at radius 3 is 2.44 bits per heavy atom. The second-order valence-electron chi connectivity index (χ2n) is 4.31.